The van der Waals surface area contributed by atoms with Crippen LogP contribution < -0.4 is 0 Å². The van der Waals surface area contributed by atoms with E-state index in [1.54, 1.807) is 11.8 Å². The Hall–Kier alpha value is -1.00. The van der Waals surface area contributed by atoms with Gasteiger partial charge >= 0.3 is 0 Å². The predicted molar refractivity (Wildman–Crippen MR) is 83.2 cm³/mol. The summed E-state index contributed by atoms with van der Waals surface area (Å²) < 4.78 is 2.16. The Morgan fingerprint density at radius 3 is 2.60 bits per heavy atom. The van der Waals surface area contributed by atoms with Gasteiger partial charge in [0.15, 0.2) is 5.16 Å². The Morgan fingerprint density at radius 1 is 1.20 bits per heavy atom. The lowest BCUT2D eigenvalue weighted by Crippen LogP contribution is -2.03. The van der Waals surface area contributed by atoms with Crippen LogP contribution in [0.3, 0.4) is 0 Å². The van der Waals surface area contributed by atoms with Gasteiger partial charge in [-0.3, -0.25) is 0 Å². The first kappa shape index (κ1) is 14.0. The first-order valence-corrected chi connectivity index (χ1v) is 8.37. The number of rotatable bonds is 4. The summed E-state index contributed by atoms with van der Waals surface area (Å²) in [6, 6.07) is 7.98. The van der Waals surface area contributed by atoms with Crippen LogP contribution in [0.25, 0.3) is 0 Å². The molecule has 1 fully saturated rings. The highest BCUT2D eigenvalue weighted by molar-refractivity contribution is 7.98. The van der Waals surface area contributed by atoms with E-state index < -0.39 is 0 Å². The summed E-state index contributed by atoms with van der Waals surface area (Å²) in [5.74, 6) is 2.66. The van der Waals surface area contributed by atoms with Crippen molar-refractivity contribution >= 4 is 23.4 Å². The van der Waals surface area contributed by atoms with Gasteiger partial charge in [0.05, 0.1) is 0 Å². The van der Waals surface area contributed by atoms with E-state index in [0.717, 1.165) is 21.8 Å². The molecule has 3 rings (SSSR count). The summed E-state index contributed by atoms with van der Waals surface area (Å²) in [7, 11) is 2.08. The Kier molecular flexibility index (Phi) is 4.32. The third-order valence-corrected chi connectivity index (χ3v) is 5.21. The maximum Gasteiger partial charge on any atom is 0.191 e. The lowest BCUT2D eigenvalue weighted by atomic mass is 10.1. The van der Waals surface area contributed by atoms with Gasteiger partial charge in [-0.15, -0.1) is 10.2 Å². The molecule has 1 aromatic heterocycles. The summed E-state index contributed by atoms with van der Waals surface area (Å²) in [5.41, 5.74) is 1.25. The van der Waals surface area contributed by atoms with Crippen molar-refractivity contribution in [2.75, 3.05) is 0 Å². The van der Waals surface area contributed by atoms with Crippen molar-refractivity contribution in [2.45, 2.75) is 42.5 Å². The lowest BCUT2D eigenvalue weighted by molar-refractivity contribution is 0.616. The molecule has 1 aliphatic rings. The van der Waals surface area contributed by atoms with Gasteiger partial charge in [0, 0.05) is 23.7 Å². The van der Waals surface area contributed by atoms with Gasteiger partial charge in [-0.1, -0.05) is 48.3 Å². The van der Waals surface area contributed by atoms with Crippen LogP contribution in [0.2, 0.25) is 5.02 Å². The van der Waals surface area contributed by atoms with Crippen LogP contribution in [-0.4, -0.2) is 14.8 Å². The van der Waals surface area contributed by atoms with Crippen LogP contribution in [0.15, 0.2) is 29.4 Å². The van der Waals surface area contributed by atoms with Crippen molar-refractivity contribution in [1.29, 1.82) is 0 Å². The summed E-state index contributed by atoms with van der Waals surface area (Å²) in [6.45, 7) is 0. The molecule has 2 aromatic rings. The quantitative estimate of drug-likeness (QED) is 0.783. The maximum atomic E-state index is 5.90. The van der Waals surface area contributed by atoms with Crippen molar-refractivity contribution in [3.63, 3.8) is 0 Å². The van der Waals surface area contributed by atoms with Crippen molar-refractivity contribution in [2.24, 2.45) is 7.05 Å². The highest BCUT2D eigenvalue weighted by atomic mass is 35.5. The third-order valence-electron chi connectivity index (χ3n) is 3.87. The van der Waals surface area contributed by atoms with E-state index in [4.69, 9.17) is 11.6 Å². The molecule has 1 aliphatic carbocycles. The van der Waals surface area contributed by atoms with Gasteiger partial charge in [0.2, 0.25) is 0 Å². The molecule has 1 heterocycles. The highest BCUT2D eigenvalue weighted by Gasteiger charge is 2.23. The second-order valence-corrected chi connectivity index (χ2v) is 6.68. The van der Waals surface area contributed by atoms with Gasteiger partial charge in [0.25, 0.3) is 0 Å². The fourth-order valence-corrected chi connectivity index (χ4v) is 3.72. The molecular formula is C15H18ClN3S. The van der Waals surface area contributed by atoms with Gasteiger partial charge in [-0.05, 0) is 30.5 Å². The maximum absolute atomic E-state index is 5.90. The summed E-state index contributed by atoms with van der Waals surface area (Å²) in [6.07, 6.45) is 5.16. The molecule has 20 heavy (non-hydrogen) atoms. The molecule has 3 nitrogen and oxygen atoms in total. The average Bonchev–Trinajstić information content (AvgIpc) is 3.08. The molecule has 0 saturated heterocycles. The van der Waals surface area contributed by atoms with E-state index in [-0.39, 0.29) is 0 Å². The predicted octanol–water partition coefficient (Wildman–Crippen LogP) is 4.42. The van der Waals surface area contributed by atoms with E-state index in [2.05, 4.69) is 33.9 Å². The molecule has 0 spiro atoms. The van der Waals surface area contributed by atoms with Crippen LogP contribution in [0.1, 0.15) is 43.0 Å². The van der Waals surface area contributed by atoms with E-state index in [1.807, 2.05) is 12.1 Å². The number of nitrogens with zero attached hydrogens (tertiary/aromatic N) is 3. The molecule has 0 aliphatic heterocycles. The Labute approximate surface area is 128 Å². The Bertz CT molecular complexity index is 573. The van der Waals surface area contributed by atoms with Gasteiger partial charge in [-0.25, -0.2) is 0 Å². The van der Waals surface area contributed by atoms with Crippen LogP contribution in [-0.2, 0) is 12.8 Å². The minimum absolute atomic E-state index is 0.609. The fraction of sp³-hybridized carbons (Fsp3) is 0.467. The summed E-state index contributed by atoms with van der Waals surface area (Å²) >= 11 is 7.63. The minimum Gasteiger partial charge on any atom is -0.309 e. The van der Waals surface area contributed by atoms with Gasteiger partial charge in [0.1, 0.15) is 5.82 Å². The second-order valence-electron chi connectivity index (χ2n) is 5.30. The summed E-state index contributed by atoms with van der Waals surface area (Å²) in [4.78, 5) is 0. The molecule has 0 unspecified atom stereocenters. The minimum atomic E-state index is 0.609. The van der Waals surface area contributed by atoms with Crippen LogP contribution in [0.4, 0.5) is 0 Å². The Balaban J connectivity index is 1.67. The zero-order valence-corrected chi connectivity index (χ0v) is 13.1. The SMILES string of the molecule is Cn1c(SCc2ccc(Cl)cc2)nnc1C1CCCC1. The van der Waals surface area contributed by atoms with Crippen LogP contribution >= 0.6 is 23.4 Å². The molecule has 0 radical (unpaired) electrons. The van der Waals surface area contributed by atoms with Gasteiger partial charge < -0.3 is 4.57 Å². The molecule has 1 aromatic carbocycles. The van der Waals surface area contributed by atoms with Gasteiger partial charge in [-0.2, -0.15) is 0 Å². The normalized spacial score (nSPS) is 15.9. The summed E-state index contributed by atoms with van der Waals surface area (Å²) in [5, 5.41) is 10.5. The van der Waals surface area contributed by atoms with E-state index in [0.29, 0.717) is 5.92 Å². The molecule has 0 N–H and O–H groups in total. The van der Waals surface area contributed by atoms with Crippen molar-refractivity contribution in [1.82, 2.24) is 14.8 Å². The van der Waals surface area contributed by atoms with Crippen LogP contribution in [0.5, 0.6) is 0 Å². The molecule has 1 saturated carbocycles. The third kappa shape index (κ3) is 3.01. The molecule has 0 bridgehead atoms. The zero-order valence-electron chi connectivity index (χ0n) is 11.6. The van der Waals surface area contributed by atoms with E-state index >= 15 is 0 Å². The largest absolute Gasteiger partial charge is 0.309 e. The van der Waals surface area contributed by atoms with E-state index in [1.165, 1.54) is 31.2 Å². The number of thioether (sulfide) groups is 1. The lowest BCUT2D eigenvalue weighted by Gasteiger charge is -2.08. The molecular weight excluding hydrogens is 290 g/mol. The fourth-order valence-electron chi connectivity index (χ4n) is 2.72. The Morgan fingerprint density at radius 2 is 1.90 bits per heavy atom. The molecule has 106 valence electrons. The molecule has 0 atom stereocenters. The topological polar surface area (TPSA) is 30.7 Å². The van der Waals surface area contributed by atoms with E-state index in [9.17, 15) is 0 Å². The van der Waals surface area contributed by atoms with Crippen molar-refractivity contribution in [3.05, 3.63) is 40.7 Å². The average molecular weight is 308 g/mol. The monoisotopic (exact) mass is 307 g/mol. The second kappa shape index (κ2) is 6.19. The van der Waals surface area contributed by atoms with Crippen molar-refractivity contribution in [3.8, 4) is 0 Å². The molecule has 5 heteroatoms. The zero-order chi connectivity index (χ0) is 13.9. The standard InChI is InChI=1S/C15H18ClN3S/c1-19-14(12-4-2-3-5-12)17-18-15(19)20-10-11-6-8-13(16)9-7-11/h6-9,12H,2-5,10H2,1H3. The number of halogens is 1. The first-order valence-electron chi connectivity index (χ1n) is 7.00. The number of aromatic nitrogens is 3. The van der Waals surface area contributed by atoms with Crippen LogP contribution in [0, 0.1) is 0 Å². The molecule has 0 amide bonds. The van der Waals surface area contributed by atoms with Crippen molar-refractivity contribution < 1.29 is 0 Å². The highest BCUT2D eigenvalue weighted by Crippen LogP contribution is 2.34. The smallest absolute Gasteiger partial charge is 0.191 e. The number of benzene rings is 1. The first-order chi connectivity index (χ1) is 9.74. The number of hydrogen-bond donors (Lipinski definition) is 0. The number of hydrogen-bond acceptors (Lipinski definition) is 3.